The number of hydrogen-bond donors (Lipinski definition) is 2. The van der Waals surface area contributed by atoms with Crippen LogP contribution in [-0.4, -0.2) is 21.9 Å². The lowest BCUT2D eigenvalue weighted by Gasteiger charge is -2.08. The first-order valence-corrected chi connectivity index (χ1v) is 5.80. The number of benzene rings is 1. The highest BCUT2D eigenvalue weighted by Gasteiger charge is 2.17. The molecule has 2 aromatic rings. The smallest absolute Gasteiger partial charge is 0.329 e. The number of nitrogens with one attached hydrogen (secondary N) is 2. The van der Waals surface area contributed by atoms with E-state index in [1.807, 2.05) is 0 Å². The molecule has 1 heterocycles. The van der Waals surface area contributed by atoms with Gasteiger partial charge in [0.15, 0.2) is 0 Å². The Morgan fingerprint density at radius 1 is 1.45 bits per heavy atom. The zero-order valence-corrected chi connectivity index (χ0v) is 11.0. The van der Waals surface area contributed by atoms with Crippen molar-refractivity contribution in [3.8, 4) is 0 Å². The van der Waals surface area contributed by atoms with Gasteiger partial charge in [0.1, 0.15) is 12.0 Å². The summed E-state index contributed by atoms with van der Waals surface area (Å²) >= 11 is 5.57. The quantitative estimate of drug-likeness (QED) is 0.665. The summed E-state index contributed by atoms with van der Waals surface area (Å²) in [6.07, 6.45) is 1.06. The summed E-state index contributed by atoms with van der Waals surface area (Å²) < 4.78 is 13.3. The minimum Gasteiger partial charge on any atom is -0.357 e. The van der Waals surface area contributed by atoms with Crippen LogP contribution in [0.2, 0.25) is 5.02 Å². The SMILES string of the molecule is CNc1ncc([N+](=O)[O-])c(Nc2ccc(Cl)c(F)c2)n1. The van der Waals surface area contributed by atoms with E-state index in [1.54, 1.807) is 7.05 Å². The predicted octanol–water partition coefficient (Wildman–Crippen LogP) is 2.96. The Kier molecular flexibility index (Phi) is 3.94. The van der Waals surface area contributed by atoms with Gasteiger partial charge in [0.25, 0.3) is 0 Å². The summed E-state index contributed by atoms with van der Waals surface area (Å²) in [7, 11) is 1.58. The number of hydrogen-bond acceptors (Lipinski definition) is 6. The van der Waals surface area contributed by atoms with Crippen molar-refractivity contribution in [1.29, 1.82) is 0 Å². The second-order valence-corrected chi connectivity index (χ2v) is 4.10. The third-order valence-corrected chi connectivity index (χ3v) is 2.68. The Morgan fingerprint density at radius 2 is 2.20 bits per heavy atom. The molecule has 0 saturated heterocycles. The molecule has 1 aromatic carbocycles. The molecule has 104 valence electrons. The zero-order valence-electron chi connectivity index (χ0n) is 10.2. The molecule has 0 spiro atoms. The lowest BCUT2D eigenvalue weighted by Crippen LogP contribution is -2.04. The van der Waals surface area contributed by atoms with Crippen molar-refractivity contribution >= 4 is 34.7 Å². The number of aromatic nitrogens is 2. The molecule has 20 heavy (non-hydrogen) atoms. The largest absolute Gasteiger partial charge is 0.357 e. The average Bonchev–Trinajstić information content (AvgIpc) is 2.42. The highest BCUT2D eigenvalue weighted by molar-refractivity contribution is 6.30. The number of halogens is 2. The molecule has 9 heteroatoms. The molecule has 2 rings (SSSR count). The summed E-state index contributed by atoms with van der Waals surface area (Å²) in [5.74, 6) is -0.481. The van der Waals surface area contributed by atoms with Crippen LogP contribution >= 0.6 is 11.6 Å². The van der Waals surface area contributed by atoms with Crippen LogP contribution in [0.4, 0.5) is 27.5 Å². The van der Waals surface area contributed by atoms with Gasteiger partial charge in [0.2, 0.25) is 11.8 Å². The number of nitro groups is 1. The molecule has 0 bridgehead atoms. The highest BCUT2D eigenvalue weighted by atomic mass is 35.5. The summed E-state index contributed by atoms with van der Waals surface area (Å²) in [6, 6.07) is 3.94. The van der Waals surface area contributed by atoms with Gasteiger partial charge >= 0.3 is 5.69 Å². The van der Waals surface area contributed by atoms with Gasteiger partial charge in [-0.05, 0) is 18.2 Å². The molecule has 7 nitrogen and oxygen atoms in total. The second-order valence-electron chi connectivity index (χ2n) is 3.69. The van der Waals surface area contributed by atoms with Gasteiger partial charge in [-0.3, -0.25) is 10.1 Å². The van der Waals surface area contributed by atoms with Crippen molar-refractivity contribution in [2.24, 2.45) is 0 Å². The van der Waals surface area contributed by atoms with Gasteiger partial charge < -0.3 is 10.6 Å². The fourth-order valence-electron chi connectivity index (χ4n) is 1.43. The zero-order chi connectivity index (χ0) is 14.7. The molecule has 0 fully saturated rings. The van der Waals surface area contributed by atoms with E-state index in [-0.39, 0.29) is 28.2 Å². The lowest BCUT2D eigenvalue weighted by atomic mass is 10.3. The van der Waals surface area contributed by atoms with Crippen LogP contribution in [0.15, 0.2) is 24.4 Å². The molecule has 1 aromatic heterocycles. The van der Waals surface area contributed by atoms with Crippen molar-refractivity contribution in [3.63, 3.8) is 0 Å². The van der Waals surface area contributed by atoms with Crippen LogP contribution in [-0.2, 0) is 0 Å². The van der Waals surface area contributed by atoms with Gasteiger partial charge in [-0.1, -0.05) is 11.6 Å². The maximum absolute atomic E-state index is 13.3. The third kappa shape index (κ3) is 2.91. The Balaban J connectivity index is 2.40. The molecule has 0 radical (unpaired) electrons. The Bertz CT molecular complexity index is 667. The first-order chi connectivity index (χ1) is 9.51. The van der Waals surface area contributed by atoms with Crippen LogP contribution in [0.25, 0.3) is 0 Å². The Labute approximate surface area is 118 Å². The van der Waals surface area contributed by atoms with E-state index in [9.17, 15) is 14.5 Å². The molecular formula is C11H9ClFN5O2. The third-order valence-electron chi connectivity index (χ3n) is 2.37. The number of rotatable bonds is 4. The molecule has 0 aliphatic rings. The van der Waals surface area contributed by atoms with Crippen molar-refractivity contribution in [3.05, 3.63) is 45.4 Å². The monoisotopic (exact) mass is 297 g/mol. The van der Waals surface area contributed by atoms with Crippen LogP contribution in [0.1, 0.15) is 0 Å². The molecule has 0 unspecified atom stereocenters. The fourth-order valence-corrected chi connectivity index (χ4v) is 1.55. The summed E-state index contributed by atoms with van der Waals surface area (Å²) in [5, 5.41) is 16.2. The van der Waals surface area contributed by atoms with Gasteiger partial charge in [0.05, 0.1) is 9.95 Å². The van der Waals surface area contributed by atoms with Gasteiger partial charge in [-0.15, -0.1) is 0 Å². The minimum absolute atomic E-state index is 0.0383. The van der Waals surface area contributed by atoms with E-state index in [0.717, 1.165) is 12.3 Å². The van der Waals surface area contributed by atoms with Crippen LogP contribution in [0.5, 0.6) is 0 Å². The normalized spacial score (nSPS) is 10.2. The Morgan fingerprint density at radius 3 is 2.80 bits per heavy atom. The van der Waals surface area contributed by atoms with Crippen LogP contribution in [0.3, 0.4) is 0 Å². The van der Waals surface area contributed by atoms with E-state index in [0.29, 0.717) is 0 Å². The number of nitrogens with zero attached hydrogens (tertiary/aromatic N) is 3. The summed E-state index contributed by atoms with van der Waals surface area (Å²) in [4.78, 5) is 18.0. The molecule has 0 atom stereocenters. The maximum atomic E-state index is 13.3. The first kappa shape index (κ1) is 13.9. The summed E-state index contributed by atoms with van der Waals surface area (Å²) in [5.41, 5.74) is -0.0323. The van der Waals surface area contributed by atoms with Crippen molar-refractivity contribution in [1.82, 2.24) is 9.97 Å². The van der Waals surface area contributed by atoms with Gasteiger partial charge in [-0.2, -0.15) is 4.98 Å². The van der Waals surface area contributed by atoms with E-state index >= 15 is 0 Å². The Hall–Kier alpha value is -2.48. The van der Waals surface area contributed by atoms with Crippen LogP contribution in [0, 0.1) is 15.9 Å². The van der Waals surface area contributed by atoms with Crippen molar-refractivity contribution in [2.75, 3.05) is 17.7 Å². The number of anilines is 3. The maximum Gasteiger partial charge on any atom is 0.329 e. The lowest BCUT2D eigenvalue weighted by molar-refractivity contribution is -0.384. The van der Waals surface area contributed by atoms with Crippen molar-refractivity contribution < 1.29 is 9.31 Å². The molecule has 0 amide bonds. The van der Waals surface area contributed by atoms with E-state index in [2.05, 4.69) is 20.6 Å². The van der Waals surface area contributed by atoms with Gasteiger partial charge in [0, 0.05) is 12.7 Å². The highest BCUT2D eigenvalue weighted by Crippen LogP contribution is 2.27. The van der Waals surface area contributed by atoms with E-state index in [1.165, 1.54) is 12.1 Å². The van der Waals surface area contributed by atoms with E-state index in [4.69, 9.17) is 11.6 Å². The molecule has 2 N–H and O–H groups in total. The van der Waals surface area contributed by atoms with Gasteiger partial charge in [-0.25, -0.2) is 9.37 Å². The predicted molar refractivity (Wildman–Crippen MR) is 72.9 cm³/mol. The fraction of sp³-hybridized carbons (Fsp3) is 0.0909. The summed E-state index contributed by atoms with van der Waals surface area (Å²) in [6.45, 7) is 0. The van der Waals surface area contributed by atoms with Crippen molar-refractivity contribution in [2.45, 2.75) is 0 Å². The van der Waals surface area contributed by atoms with Crippen LogP contribution < -0.4 is 10.6 Å². The first-order valence-electron chi connectivity index (χ1n) is 5.42. The average molecular weight is 298 g/mol. The van der Waals surface area contributed by atoms with E-state index < -0.39 is 10.7 Å². The standard InChI is InChI=1S/C11H9ClFN5O2/c1-14-11-15-5-9(18(19)20)10(17-11)16-6-2-3-7(12)8(13)4-6/h2-5H,1H3,(H2,14,15,16,17). The second kappa shape index (κ2) is 5.66. The molecular weight excluding hydrogens is 289 g/mol. The molecule has 0 aliphatic carbocycles. The topological polar surface area (TPSA) is 93.0 Å². The molecule has 0 aliphatic heterocycles. The molecule has 0 saturated carbocycles. The minimum atomic E-state index is -0.637.